The predicted molar refractivity (Wildman–Crippen MR) is 91.4 cm³/mol. The van der Waals surface area contributed by atoms with Crippen LogP contribution < -0.4 is 14.4 Å². The molecule has 7 heteroatoms. The zero-order valence-corrected chi connectivity index (χ0v) is 14.6. The number of hydrogen-bond acceptors (Lipinski definition) is 7. The summed E-state index contributed by atoms with van der Waals surface area (Å²) in [4.78, 5) is 10.7. The summed E-state index contributed by atoms with van der Waals surface area (Å²) in [6, 6.07) is 7.68. The van der Waals surface area contributed by atoms with Gasteiger partial charge in [0.15, 0.2) is 22.5 Å². The van der Waals surface area contributed by atoms with E-state index in [0.29, 0.717) is 33.7 Å². The van der Waals surface area contributed by atoms with E-state index in [4.69, 9.17) is 9.47 Å². The van der Waals surface area contributed by atoms with Crippen molar-refractivity contribution in [1.82, 2.24) is 9.97 Å². The Balaban J connectivity index is 2.72. The highest BCUT2D eigenvalue weighted by molar-refractivity contribution is 7.98. The summed E-state index contributed by atoms with van der Waals surface area (Å²) in [5.74, 6) is 1.81. The first-order valence-electron chi connectivity index (χ1n) is 6.81. The first-order chi connectivity index (χ1) is 11.0. The molecule has 0 aliphatic heterocycles. The van der Waals surface area contributed by atoms with Gasteiger partial charge in [-0.25, -0.2) is 9.97 Å². The molecule has 6 nitrogen and oxygen atoms in total. The minimum absolute atomic E-state index is 0.431. The molecule has 0 spiro atoms. The average molecular weight is 330 g/mol. The lowest BCUT2D eigenvalue weighted by atomic mass is 10.1. The van der Waals surface area contributed by atoms with E-state index in [0.717, 1.165) is 5.56 Å². The van der Waals surface area contributed by atoms with Crippen LogP contribution in [0, 0.1) is 11.3 Å². The fourth-order valence-corrected chi connectivity index (χ4v) is 2.50. The Kier molecular flexibility index (Phi) is 5.29. The number of nitriles is 1. The zero-order valence-electron chi connectivity index (χ0n) is 13.7. The number of aromatic nitrogens is 2. The van der Waals surface area contributed by atoms with Gasteiger partial charge in [-0.05, 0) is 24.5 Å². The zero-order chi connectivity index (χ0) is 17.0. The lowest BCUT2D eigenvalue weighted by Crippen LogP contribution is -2.14. The first kappa shape index (κ1) is 16.9. The van der Waals surface area contributed by atoms with Crippen molar-refractivity contribution in [3.8, 4) is 28.8 Å². The molecule has 0 saturated carbocycles. The lowest BCUT2D eigenvalue weighted by Gasteiger charge is -2.17. The van der Waals surface area contributed by atoms with Gasteiger partial charge < -0.3 is 14.4 Å². The molecule has 0 atom stereocenters. The molecule has 0 fully saturated rings. The number of thioether (sulfide) groups is 1. The largest absolute Gasteiger partial charge is 0.493 e. The molecule has 1 heterocycles. The molecule has 23 heavy (non-hydrogen) atoms. The highest BCUT2D eigenvalue weighted by Gasteiger charge is 2.18. The molecule has 0 aliphatic carbocycles. The van der Waals surface area contributed by atoms with Crippen LogP contribution in [0.2, 0.25) is 0 Å². The Hall–Kier alpha value is -2.46. The topological polar surface area (TPSA) is 71.3 Å². The maximum Gasteiger partial charge on any atom is 0.189 e. The molecule has 0 unspecified atom stereocenters. The van der Waals surface area contributed by atoms with Crippen molar-refractivity contribution in [2.45, 2.75) is 5.16 Å². The molecular weight excluding hydrogens is 312 g/mol. The van der Waals surface area contributed by atoms with Crippen LogP contribution >= 0.6 is 11.8 Å². The average Bonchev–Trinajstić information content (AvgIpc) is 2.59. The molecule has 2 rings (SSSR count). The van der Waals surface area contributed by atoms with Crippen LogP contribution in [-0.2, 0) is 0 Å². The smallest absolute Gasteiger partial charge is 0.189 e. The number of nitrogens with zero attached hydrogens (tertiary/aromatic N) is 4. The molecule has 2 aromatic rings. The van der Waals surface area contributed by atoms with Crippen molar-refractivity contribution < 1.29 is 9.47 Å². The Labute approximate surface area is 140 Å². The second-order valence-electron chi connectivity index (χ2n) is 4.83. The van der Waals surface area contributed by atoms with Crippen molar-refractivity contribution >= 4 is 17.6 Å². The third-order valence-corrected chi connectivity index (χ3v) is 3.79. The summed E-state index contributed by atoms with van der Waals surface area (Å²) in [7, 11) is 6.86. The first-order valence-corrected chi connectivity index (χ1v) is 8.04. The van der Waals surface area contributed by atoms with Crippen LogP contribution in [0.25, 0.3) is 11.3 Å². The standard InChI is InChI=1S/C16H18N4O2S/c1-20(2)15-11(9-17)14(18-16(19-15)23-5)10-6-7-12(21-3)13(8-10)22-4/h6-8H,1-5H3. The van der Waals surface area contributed by atoms with Crippen molar-refractivity contribution in [3.05, 3.63) is 23.8 Å². The lowest BCUT2D eigenvalue weighted by molar-refractivity contribution is 0.355. The van der Waals surface area contributed by atoms with Crippen LogP contribution in [-0.4, -0.2) is 44.5 Å². The van der Waals surface area contributed by atoms with Gasteiger partial charge in [-0.3, -0.25) is 0 Å². The van der Waals surface area contributed by atoms with Crippen LogP contribution in [0.15, 0.2) is 23.4 Å². The van der Waals surface area contributed by atoms with Crippen LogP contribution in [0.1, 0.15) is 5.56 Å². The van der Waals surface area contributed by atoms with Gasteiger partial charge in [-0.15, -0.1) is 0 Å². The summed E-state index contributed by atoms with van der Waals surface area (Å²) in [5, 5.41) is 10.2. The van der Waals surface area contributed by atoms with Gasteiger partial charge in [0.25, 0.3) is 0 Å². The van der Waals surface area contributed by atoms with E-state index in [-0.39, 0.29) is 0 Å². The molecule has 0 saturated heterocycles. The molecule has 0 aliphatic rings. The molecule has 120 valence electrons. The Morgan fingerprint density at radius 2 is 1.83 bits per heavy atom. The minimum Gasteiger partial charge on any atom is -0.493 e. The van der Waals surface area contributed by atoms with Gasteiger partial charge >= 0.3 is 0 Å². The summed E-state index contributed by atoms with van der Waals surface area (Å²) in [6.45, 7) is 0. The maximum absolute atomic E-state index is 9.58. The van der Waals surface area contributed by atoms with Crippen molar-refractivity contribution in [2.75, 3.05) is 39.5 Å². The SMILES string of the molecule is COc1ccc(-c2nc(SC)nc(N(C)C)c2C#N)cc1OC. The summed E-state index contributed by atoms with van der Waals surface area (Å²) in [6.07, 6.45) is 1.90. The third kappa shape index (κ3) is 3.32. The Morgan fingerprint density at radius 1 is 1.13 bits per heavy atom. The van der Waals surface area contributed by atoms with E-state index in [9.17, 15) is 5.26 Å². The van der Waals surface area contributed by atoms with E-state index in [1.165, 1.54) is 11.8 Å². The van der Waals surface area contributed by atoms with E-state index in [1.807, 2.05) is 37.4 Å². The van der Waals surface area contributed by atoms with E-state index >= 15 is 0 Å². The Bertz CT molecular complexity index is 756. The predicted octanol–water partition coefficient (Wildman–Crippen LogP) is 2.82. The molecule has 1 aromatic heterocycles. The fraction of sp³-hybridized carbons (Fsp3) is 0.312. The number of rotatable bonds is 5. The molecule has 0 amide bonds. The molecular formula is C16H18N4O2S. The summed E-state index contributed by atoms with van der Waals surface area (Å²) < 4.78 is 10.6. The molecule has 0 radical (unpaired) electrons. The van der Waals surface area contributed by atoms with Gasteiger partial charge in [0, 0.05) is 19.7 Å². The van der Waals surface area contributed by atoms with Crippen molar-refractivity contribution in [3.63, 3.8) is 0 Å². The van der Waals surface area contributed by atoms with Gasteiger partial charge in [0.05, 0.1) is 19.9 Å². The van der Waals surface area contributed by atoms with Gasteiger partial charge in [-0.2, -0.15) is 5.26 Å². The number of hydrogen-bond donors (Lipinski definition) is 0. The minimum atomic E-state index is 0.431. The number of benzene rings is 1. The van der Waals surface area contributed by atoms with Crippen molar-refractivity contribution in [2.24, 2.45) is 0 Å². The van der Waals surface area contributed by atoms with Crippen LogP contribution in [0.5, 0.6) is 11.5 Å². The second-order valence-corrected chi connectivity index (χ2v) is 5.61. The second kappa shape index (κ2) is 7.20. The van der Waals surface area contributed by atoms with Gasteiger partial charge in [0.2, 0.25) is 0 Å². The van der Waals surface area contributed by atoms with Crippen LogP contribution in [0.4, 0.5) is 5.82 Å². The van der Waals surface area contributed by atoms with Gasteiger partial charge in [-0.1, -0.05) is 11.8 Å². The number of anilines is 1. The summed E-state index contributed by atoms with van der Waals surface area (Å²) in [5.41, 5.74) is 1.79. The normalized spacial score (nSPS) is 10.1. The Morgan fingerprint density at radius 3 is 2.35 bits per heavy atom. The van der Waals surface area contributed by atoms with Crippen molar-refractivity contribution in [1.29, 1.82) is 5.26 Å². The highest BCUT2D eigenvalue weighted by atomic mass is 32.2. The monoisotopic (exact) mass is 330 g/mol. The fourth-order valence-electron chi connectivity index (χ4n) is 2.14. The highest BCUT2D eigenvalue weighted by Crippen LogP contribution is 2.35. The molecule has 0 bridgehead atoms. The third-order valence-electron chi connectivity index (χ3n) is 3.24. The summed E-state index contributed by atoms with van der Waals surface area (Å²) >= 11 is 1.43. The molecule has 0 N–H and O–H groups in total. The van der Waals surface area contributed by atoms with Crippen LogP contribution in [0.3, 0.4) is 0 Å². The number of ether oxygens (including phenoxy) is 2. The quantitative estimate of drug-likeness (QED) is 0.616. The number of methoxy groups -OCH3 is 2. The van der Waals surface area contributed by atoms with E-state index in [2.05, 4.69) is 16.0 Å². The maximum atomic E-state index is 9.58. The van der Waals surface area contributed by atoms with Gasteiger partial charge in [0.1, 0.15) is 11.6 Å². The van der Waals surface area contributed by atoms with E-state index in [1.54, 1.807) is 20.3 Å². The molecule has 1 aromatic carbocycles. The van der Waals surface area contributed by atoms with E-state index < -0.39 is 0 Å².